The molecule has 0 aliphatic carbocycles. The number of methoxy groups -OCH3 is 1. The molecule has 1 amide bonds. The Balaban J connectivity index is 1.75. The van der Waals surface area contributed by atoms with Gasteiger partial charge in [-0.05, 0) is 30.5 Å². The van der Waals surface area contributed by atoms with Gasteiger partial charge >= 0.3 is 0 Å². The van der Waals surface area contributed by atoms with Crippen molar-refractivity contribution in [2.75, 3.05) is 20.2 Å². The van der Waals surface area contributed by atoms with E-state index in [4.69, 9.17) is 4.74 Å². The van der Waals surface area contributed by atoms with Gasteiger partial charge in [0.05, 0.1) is 19.3 Å². The van der Waals surface area contributed by atoms with Crippen LogP contribution in [0.3, 0.4) is 0 Å². The Morgan fingerprint density at radius 2 is 2.42 bits per heavy atom. The van der Waals surface area contributed by atoms with Crippen molar-refractivity contribution in [3.63, 3.8) is 0 Å². The summed E-state index contributed by atoms with van der Waals surface area (Å²) in [5.41, 5.74) is 1.12. The molecule has 0 radical (unpaired) electrons. The minimum Gasteiger partial charge on any atom is -0.497 e. The number of nitrogens with one attached hydrogen (secondary N) is 2. The van der Waals surface area contributed by atoms with E-state index >= 15 is 0 Å². The van der Waals surface area contributed by atoms with Crippen molar-refractivity contribution >= 4 is 5.91 Å². The molecular formula is C14H20N2O3. The predicted octanol–water partition coefficient (Wildman–Crippen LogP) is 0.0767. The highest BCUT2D eigenvalue weighted by atomic mass is 16.5. The molecule has 5 heteroatoms. The van der Waals surface area contributed by atoms with Crippen LogP contribution in [0.1, 0.15) is 12.0 Å². The molecule has 0 saturated carbocycles. The number of carbonyl (C=O) groups excluding carboxylic acids is 1. The van der Waals surface area contributed by atoms with Crippen molar-refractivity contribution in [2.24, 2.45) is 0 Å². The van der Waals surface area contributed by atoms with Crippen LogP contribution in [-0.4, -0.2) is 43.4 Å². The number of aliphatic hydroxyl groups excluding tert-OH is 1. The molecule has 0 spiro atoms. The average Bonchev–Trinajstić information content (AvgIpc) is 2.86. The van der Waals surface area contributed by atoms with Gasteiger partial charge in [0.15, 0.2) is 0 Å². The summed E-state index contributed by atoms with van der Waals surface area (Å²) in [5, 5.41) is 15.2. The van der Waals surface area contributed by atoms with Gasteiger partial charge in [-0.25, -0.2) is 0 Å². The van der Waals surface area contributed by atoms with Crippen LogP contribution in [0.25, 0.3) is 0 Å². The lowest BCUT2D eigenvalue weighted by molar-refractivity contribution is -0.122. The van der Waals surface area contributed by atoms with E-state index in [0.717, 1.165) is 17.7 Å². The number of β-amino-alcohol motifs (C(OH)–C–C–N with tert-alkyl or cyclic N) is 1. The first-order valence-electron chi connectivity index (χ1n) is 6.51. The summed E-state index contributed by atoms with van der Waals surface area (Å²) >= 11 is 0. The van der Waals surface area contributed by atoms with E-state index in [1.54, 1.807) is 7.11 Å². The fraction of sp³-hybridized carbons (Fsp3) is 0.500. The zero-order valence-corrected chi connectivity index (χ0v) is 11.1. The average molecular weight is 264 g/mol. The van der Waals surface area contributed by atoms with Crippen molar-refractivity contribution in [2.45, 2.75) is 25.0 Å². The third-order valence-electron chi connectivity index (χ3n) is 3.27. The fourth-order valence-corrected chi connectivity index (χ4v) is 2.20. The molecular weight excluding hydrogens is 244 g/mol. The second-order valence-electron chi connectivity index (χ2n) is 4.74. The van der Waals surface area contributed by atoms with E-state index in [1.165, 1.54) is 0 Å². The van der Waals surface area contributed by atoms with Gasteiger partial charge in [0.2, 0.25) is 5.91 Å². The monoisotopic (exact) mass is 264 g/mol. The predicted molar refractivity (Wildman–Crippen MR) is 72.1 cm³/mol. The summed E-state index contributed by atoms with van der Waals surface area (Å²) in [6, 6.07) is 7.53. The second-order valence-corrected chi connectivity index (χ2v) is 4.74. The molecule has 104 valence electrons. The van der Waals surface area contributed by atoms with Crippen LogP contribution in [-0.2, 0) is 11.2 Å². The normalized spacial score (nSPS) is 22.2. The zero-order valence-electron chi connectivity index (χ0n) is 11.1. The maximum Gasteiger partial charge on any atom is 0.237 e. The van der Waals surface area contributed by atoms with Gasteiger partial charge in [-0.2, -0.15) is 0 Å². The minimum absolute atomic E-state index is 0.0422. The molecule has 1 saturated heterocycles. The first-order valence-corrected chi connectivity index (χ1v) is 6.51. The molecule has 0 bridgehead atoms. The highest BCUT2D eigenvalue weighted by Crippen LogP contribution is 2.12. The number of rotatable bonds is 5. The molecule has 1 heterocycles. The Morgan fingerprint density at radius 3 is 3.11 bits per heavy atom. The van der Waals surface area contributed by atoms with Gasteiger partial charge in [0.1, 0.15) is 5.75 Å². The number of benzene rings is 1. The SMILES string of the molecule is COc1cccc(CCNC(=O)C2CC(O)CN2)c1. The van der Waals surface area contributed by atoms with Gasteiger partial charge in [-0.15, -0.1) is 0 Å². The molecule has 1 aliphatic rings. The van der Waals surface area contributed by atoms with Crippen LogP contribution in [0.5, 0.6) is 5.75 Å². The minimum atomic E-state index is -0.408. The zero-order chi connectivity index (χ0) is 13.7. The first kappa shape index (κ1) is 13.8. The summed E-state index contributed by atoms with van der Waals surface area (Å²) in [6.45, 7) is 1.08. The summed E-state index contributed by atoms with van der Waals surface area (Å²) < 4.78 is 5.15. The number of aliphatic hydroxyl groups is 1. The third-order valence-corrected chi connectivity index (χ3v) is 3.27. The van der Waals surface area contributed by atoms with Crippen LogP contribution in [0.4, 0.5) is 0 Å². The van der Waals surface area contributed by atoms with Crippen molar-refractivity contribution in [3.8, 4) is 5.75 Å². The van der Waals surface area contributed by atoms with E-state index in [9.17, 15) is 9.90 Å². The van der Waals surface area contributed by atoms with Crippen LogP contribution in [0, 0.1) is 0 Å². The lowest BCUT2D eigenvalue weighted by Gasteiger charge is -2.11. The lowest BCUT2D eigenvalue weighted by atomic mass is 10.1. The Kier molecular flexibility index (Phi) is 4.76. The largest absolute Gasteiger partial charge is 0.497 e. The number of ether oxygens (including phenoxy) is 1. The Bertz CT molecular complexity index is 436. The molecule has 1 aromatic rings. The van der Waals surface area contributed by atoms with Gasteiger partial charge < -0.3 is 20.5 Å². The number of hydrogen-bond acceptors (Lipinski definition) is 4. The Labute approximate surface area is 113 Å². The van der Waals surface area contributed by atoms with E-state index in [-0.39, 0.29) is 11.9 Å². The van der Waals surface area contributed by atoms with Crippen molar-refractivity contribution in [1.82, 2.24) is 10.6 Å². The number of hydrogen-bond donors (Lipinski definition) is 3. The summed E-state index contributed by atoms with van der Waals surface area (Å²) in [4.78, 5) is 11.8. The molecule has 19 heavy (non-hydrogen) atoms. The van der Waals surface area contributed by atoms with Gasteiger partial charge in [0.25, 0.3) is 0 Å². The quantitative estimate of drug-likeness (QED) is 0.704. The van der Waals surface area contributed by atoms with Crippen molar-refractivity contribution < 1.29 is 14.6 Å². The molecule has 3 N–H and O–H groups in total. The lowest BCUT2D eigenvalue weighted by Crippen LogP contribution is -2.41. The highest BCUT2D eigenvalue weighted by Gasteiger charge is 2.27. The van der Waals surface area contributed by atoms with E-state index in [1.807, 2.05) is 24.3 Å². The van der Waals surface area contributed by atoms with E-state index < -0.39 is 6.10 Å². The van der Waals surface area contributed by atoms with Crippen molar-refractivity contribution in [1.29, 1.82) is 0 Å². The molecule has 1 aliphatic heterocycles. The standard InChI is InChI=1S/C14H20N2O3/c1-19-12-4-2-3-10(7-12)5-6-15-14(18)13-8-11(17)9-16-13/h2-4,7,11,13,16-17H,5-6,8-9H2,1H3,(H,15,18). The molecule has 2 rings (SSSR count). The first-order chi connectivity index (χ1) is 9.19. The molecule has 5 nitrogen and oxygen atoms in total. The highest BCUT2D eigenvalue weighted by molar-refractivity contribution is 5.82. The number of amides is 1. The van der Waals surface area contributed by atoms with Crippen LogP contribution in [0.2, 0.25) is 0 Å². The number of carbonyl (C=O) groups is 1. The Hall–Kier alpha value is -1.59. The van der Waals surface area contributed by atoms with Crippen molar-refractivity contribution in [3.05, 3.63) is 29.8 Å². The van der Waals surface area contributed by atoms with Gasteiger partial charge in [-0.1, -0.05) is 12.1 Å². The maximum atomic E-state index is 11.8. The molecule has 2 unspecified atom stereocenters. The summed E-state index contributed by atoms with van der Waals surface area (Å²) in [7, 11) is 1.64. The van der Waals surface area contributed by atoms with Gasteiger partial charge in [-0.3, -0.25) is 4.79 Å². The van der Waals surface area contributed by atoms with E-state index in [0.29, 0.717) is 19.5 Å². The smallest absolute Gasteiger partial charge is 0.237 e. The third kappa shape index (κ3) is 3.94. The van der Waals surface area contributed by atoms with Crippen LogP contribution in [0.15, 0.2) is 24.3 Å². The van der Waals surface area contributed by atoms with Crippen LogP contribution < -0.4 is 15.4 Å². The van der Waals surface area contributed by atoms with Gasteiger partial charge in [0, 0.05) is 13.1 Å². The molecule has 1 fully saturated rings. The molecule has 1 aromatic carbocycles. The topological polar surface area (TPSA) is 70.6 Å². The molecule has 0 aromatic heterocycles. The summed E-state index contributed by atoms with van der Waals surface area (Å²) in [6.07, 6.45) is 0.845. The Morgan fingerprint density at radius 1 is 1.58 bits per heavy atom. The van der Waals surface area contributed by atoms with E-state index in [2.05, 4.69) is 10.6 Å². The maximum absolute atomic E-state index is 11.8. The summed E-state index contributed by atoms with van der Waals surface area (Å²) in [5.74, 6) is 0.781. The van der Waals surface area contributed by atoms with Crippen LogP contribution >= 0.6 is 0 Å². The molecule has 2 atom stereocenters. The second kappa shape index (κ2) is 6.54. The fourth-order valence-electron chi connectivity index (χ4n) is 2.20.